The summed E-state index contributed by atoms with van der Waals surface area (Å²) in [7, 11) is 1.67. The second-order valence-electron chi connectivity index (χ2n) is 19.7. The summed E-state index contributed by atoms with van der Waals surface area (Å²) < 4.78 is 11.5. The van der Waals surface area contributed by atoms with Crippen LogP contribution in [0.1, 0.15) is 71.2 Å². The van der Waals surface area contributed by atoms with E-state index in [1.54, 1.807) is 88.3 Å². The van der Waals surface area contributed by atoms with Gasteiger partial charge in [0.05, 0.1) is 21.7 Å². The Hall–Kier alpha value is -6.88. The van der Waals surface area contributed by atoms with Gasteiger partial charge in [0.15, 0.2) is 5.65 Å². The number of fused-ring (bicyclic) bond motifs is 6. The van der Waals surface area contributed by atoms with E-state index in [4.69, 9.17) is 9.15 Å². The van der Waals surface area contributed by atoms with E-state index in [1.807, 2.05) is 104 Å². The van der Waals surface area contributed by atoms with Gasteiger partial charge in [0, 0.05) is 59.5 Å². The van der Waals surface area contributed by atoms with Crippen LogP contribution in [0.25, 0.3) is 73.2 Å². The van der Waals surface area contributed by atoms with E-state index in [9.17, 15) is 15.3 Å². The average molecular weight is 1130 g/mol. The Morgan fingerprint density at radius 3 is 1.73 bits per heavy atom. The highest BCUT2D eigenvalue weighted by atomic mass is 32.1. The number of ether oxygens (including phenoxy) is 1. The molecule has 14 rings (SSSR count). The first-order chi connectivity index (χ1) is 37.8. The van der Waals surface area contributed by atoms with Gasteiger partial charge in [-0.3, -0.25) is 0 Å². The summed E-state index contributed by atoms with van der Waals surface area (Å²) in [6.07, 6.45) is 2.72. The summed E-state index contributed by atoms with van der Waals surface area (Å²) in [4.78, 5) is 15.8. The Bertz CT molecular complexity index is 4230. The molecule has 3 N–H and O–H groups in total. The van der Waals surface area contributed by atoms with Crippen LogP contribution in [-0.2, 0) is 23.2 Å². The number of furan rings is 1. The smallest absolute Gasteiger partial charge is 0.159 e. The third-order valence-electron chi connectivity index (χ3n) is 14.6. The van der Waals surface area contributed by atoms with E-state index in [-0.39, 0.29) is 0 Å². The molecule has 0 aliphatic heterocycles. The Kier molecular flexibility index (Phi) is 14.0. The van der Waals surface area contributed by atoms with Crippen LogP contribution in [0, 0.1) is 6.92 Å². The van der Waals surface area contributed by atoms with Gasteiger partial charge in [-0.25, -0.2) is 9.97 Å². The quantitative estimate of drug-likeness (QED) is 0.125. The van der Waals surface area contributed by atoms with Crippen molar-refractivity contribution in [3.63, 3.8) is 0 Å². The van der Waals surface area contributed by atoms with Crippen LogP contribution >= 0.6 is 68.0 Å². The molecule has 78 heavy (non-hydrogen) atoms. The SMILES string of the molecule is CC(O)(c1ccc2c(c1)-c1ccccc1C2)c1ccsc1-c1cccs1.COc1ccc2cc3oc(C(C)(O)c4ccsc4-c4cccs4)cc3cc2c1.Cc1nc2ncccc2cc1C(C)(O)c1ccsc1-c1cccs1. The molecule has 0 bridgehead atoms. The van der Waals surface area contributed by atoms with Crippen molar-refractivity contribution in [1.29, 1.82) is 0 Å². The topological polar surface area (TPSA) is 109 Å². The zero-order valence-corrected chi connectivity index (χ0v) is 48.1. The number of hydrogen-bond donors (Lipinski definition) is 3. The van der Waals surface area contributed by atoms with Crippen molar-refractivity contribution in [3.05, 3.63) is 241 Å². The molecule has 1 aliphatic rings. The maximum atomic E-state index is 11.5. The van der Waals surface area contributed by atoms with Crippen molar-refractivity contribution in [2.24, 2.45) is 0 Å². The maximum absolute atomic E-state index is 11.5. The van der Waals surface area contributed by atoms with Crippen LogP contribution in [-0.4, -0.2) is 32.4 Å². The van der Waals surface area contributed by atoms with Gasteiger partial charge in [-0.05, 0) is 196 Å². The molecule has 0 saturated heterocycles. The lowest BCUT2D eigenvalue weighted by Crippen LogP contribution is -2.24. The Morgan fingerprint density at radius 2 is 1.10 bits per heavy atom. The number of aryl methyl sites for hydroxylation is 1. The highest BCUT2D eigenvalue weighted by Crippen LogP contribution is 2.47. The number of aliphatic hydroxyl groups is 3. The van der Waals surface area contributed by atoms with Gasteiger partial charge in [-0.2, -0.15) is 0 Å². The highest BCUT2D eigenvalue weighted by molar-refractivity contribution is 7.21. The third-order valence-corrected chi connectivity index (χ3v) is 20.5. The zero-order valence-electron chi connectivity index (χ0n) is 43.2. The minimum Gasteiger partial charge on any atom is -0.497 e. The molecule has 1 aliphatic carbocycles. The van der Waals surface area contributed by atoms with Gasteiger partial charge in [-0.1, -0.05) is 60.7 Å². The molecule has 3 atom stereocenters. The van der Waals surface area contributed by atoms with E-state index in [1.165, 1.54) is 32.0 Å². The van der Waals surface area contributed by atoms with E-state index < -0.39 is 16.8 Å². The number of pyridine rings is 2. The lowest BCUT2D eigenvalue weighted by molar-refractivity contribution is 0.0796. The molecule has 3 unspecified atom stereocenters. The molecule has 0 spiro atoms. The first-order valence-corrected chi connectivity index (χ1v) is 30.5. The molecule has 0 radical (unpaired) electrons. The molecule has 13 heteroatoms. The number of nitrogens with zero attached hydrogens (tertiary/aromatic N) is 2. The molecule has 7 nitrogen and oxygen atoms in total. The van der Waals surface area contributed by atoms with E-state index >= 15 is 0 Å². The van der Waals surface area contributed by atoms with Gasteiger partial charge in [0.25, 0.3) is 0 Å². The number of methoxy groups -OCH3 is 1. The van der Waals surface area contributed by atoms with E-state index in [0.717, 1.165) is 92.3 Å². The molecular formula is C65H52N2O5S6. The zero-order chi connectivity index (χ0) is 53.8. The fourth-order valence-electron chi connectivity index (χ4n) is 10.5. The second-order valence-corrected chi connectivity index (χ2v) is 25.3. The summed E-state index contributed by atoms with van der Waals surface area (Å²) in [5.74, 6) is 1.36. The predicted octanol–water partition coefficient (Wildman–Crippen LogP) is 17.9. The van der Waals surface area contributed by atoms with Crippen LogP contribution in [0.2, 0.25) is 0 Å². The van der Waals surface area contributed by atoms with Gasteiger partial charge in [0.1, 0.15) is 33.9 Å². The number of hydrogen-bond acceptors (Lipinski definition) is 13. The number of aromatic nitrogens is 2. The highest BCUT2D eigenvalue weighted by Gasteiger charge is 2.35. The lowest BCUT2D eigenvalue weighted by atomic mass is 9.86. The number of thiophene rings is 6. The van der Waals surface area contributed by atoms with Crippen LogP contribution in [0.4, 0.5) is 0 Å². The molecular weight excluding hydrogens is 1080 g/mol. The van der Waals surface area contributed by atoms with E-state index in [0.29, 0.717) is 11.4 Å². The van der Waals surface area contributed by atoms with Crippen LogP contribution < -0.4 is 4.74 Å². The molecule has 9 aromatic heterocycles. The summed E-state index contributed by atoms with van der Waals surface area (Å²) in [5, 5.41) is 50.7. The Balaban J connectivity index is 0.000000118. The third kappa shape index (κ3) is 9.67. The maximum Gasteiger partial charge on any atom is 0.159 e. The molecule has 0 amide bonds. The lowest BCUT2D eigenvalue weighted by Gasteiger charge is -2.26. The van der Waals surface area contributed by atoms with Gasteiger partial charge in [0.2, 0.25) is 0 Å². The van der Waals surface area contributed by atoms with Crippen molar-refractivity contribution >= 4 is 101 Å². The van der Waals surface area contributed by atoms with Gasteiger partial charge in [-0.15, -0.1) is 68.0 Å². The average Bonchev–Trinajstić information content (AvgIpc) is 4.32. The first kappa shape index (κ1) is 51.9. The van der Waals surface area contributed by atoms with Gasteiger partial charge < -0.3 is 24.5 Å². The fraction of sp³-hybridized carbons (Fsp3) is 0.138. The molecule has 0 saturated carbocycles. The van der Waals surface area contributed by atoms with Gasteiger partial charge >= 0.3 is 0 Å². The van der Waals surface area contributed by atoms with Crippen molar-refractivity contribution in [1.82, 2.24) is 9.97 Å². The van der Waals surface area contributed by atoms with Crippen molar-refractivity contribution in [2.75, 3.05) is 7.11 Å². The summed E-state index contributed by atoms with van der Waals surface area (Å²) in [6.45, 7) is 7.48. The monoisotopic (exact) mass is 1130 g/mol. The molecule has 388 valence electrons. The Labute approximate surface area is 476 Å². The minimum absolute atomic E-state index is 0.543. The normalized spacial score (nSPS) is 14.2. The van der Waals surface area contributed by atoms with Crippen molar-refractivity contribution in [3.8, 4) is 46.1 Å². The fourth-order valence-corrected chi connectivity index (χ4v) is 16.1. The predicted molar refractivity (Wildman–Crippen MR) is 328 cm³/mol. The largest absolute Gasteiger partial charge is 0.497 e. The molecule has 4 aromatic carbocycles. The number of rotatable bonds is 10. The standard InChI is InChI=1S/C23H18O3S2.C23H18OS2.C19H16N2OS2/c1-23(24,18-7-9-28-22(18)20-4-3-8-27-20)21-13-16-10-15-11-17(25-2)6-5-14(15)12-19(16)26-21;1-23(24,20-10-12-26-22(20)21-7-4-11-25-21)17-9-8-16-13-15-5-2-3-6-18(15)19(16)14-17;1-12-15(11-13-5-3-8-20-18(13)21-12)19(2,22)14-7-10-24-17(14)16-6-4-9-23-16/h3-13,24H,1-2H3;2-12,14,24H,13H2,1H3;3-11,22H,1-2H3. The van der Waals surface area contributed by atoms with Crippen molar-refractivity contribution < 1.29 is 24.5 Å². The van der Waals surface area contributed by atoms with Crippen LogP contribution in [0.15, 0.2) is 195 Å². The summed E-state index contributed by atoms with van der Waals surface area (Å²) in [6, 6.07) is 51.3. The van der Waals surface area contributed by atoms with Crippen LogP contribution in [0.3, 0.4) is 0 Å². The summed E-state index contributed by atoms with van der Waals surface area (Å²) in [5.41, 5.74) is 8.72. The first-order valence-electron chi connectivity index (χ1n) is 25.3. The molecule has 0 fully saturated rings. The van der Waals surface area contributed by atoms with E-state index in [2.05, 4.69) is 110 Å². The number of benzene rings is 4. The van der Waals surface area contributed by atoms with Crippen molar-refractivity contribution in [2.45, 2.75) is 50.9 Å². The Morgan fingerprint density at radius 1 is 0.487 bits per heavy atom. The minimum atomic E-state index is -1.22. The second kappa shape index (κ2) is 21.1. The van der Waals surface area contributed by atoms with Crippen LogP contribution in [0.5, 0.6) is 5.75 Å². The molecule has 9 heterocycles. The molecule has 13 aromatic rings. The summed E-state index contributed by atoms with van der Waals surface area (Å²) >= 11 is 10.1.